The number of aryl methyl sites for hydroxylation is 1. The number of aromatic nitrogens is 1. The molecule has 4 rings (SSSR count). The zero-order chi connectivity index (χ0) is 22.3. The molecule has 1 amide bonds. The van der Waals surface area contributed by atoms with Gasteiger partial charge in [0.05, 0.1) is 12.3 Å². The largest absolute Gasteiger partial charge is 0.494 e. The lowest BCUT2D eigenvalue weighted by atomic mass is 10.0. The van der Waals surface area contributed by atoms with Crippen molar-refractivity contribution in [3.63, 3.8) is 0 Å². The maximum atomic E-state index is 13.3. The fourth-order valence-corrected chi connectivity index (χ4v) is 4.20. The van der Waals surface area contributed by atoms with Gasteiger partial charge in [-0.25, -0.2) is 4.98 Å². The first-order valence-corrected chi connectivity index (χ1v) is 11.3. The van der Waals surface area contributed by atoms with E-state index in [4.69, 9.17) is 9.72 Å². The van der Waals surface area contributed by atoms with E-state index in [1.807, 2.05) is 105 Å². The molecule has 4 aromatic rings. The predicted molar refractivity (Wildman–Crippen MR) is 133 cm³/mol. The fraction of sp³-hybridized carbons (Fsp3) is 0.111. The minimum Gasteiger partial charge on any atom is -0.494 e. The van der Waals surface area contributed by atoms with Crippen molar-refractivity contribution in [2.45, 2.75) is 13.8 Å². The second-order valence-corrected chi connectivity index (χ2v) is 8.37. The lowest BCUT2D eigenvalue weighted by Crippen LogP contribution is -2.13. The van der Waals surface area contributed by atoms with Crippen LogP contribution in [0.5, 0.6) is 5.75 Å². The second-order valence-electron chi connectivity index (χ2n) is 7.17. The first-order valence-electron chi connectivity index (χ1n) is 10.5. The Morgan fingerprint density at radius 1 is 0.969 bits per heavy atom. The van der Waals surface area contributed by atoms with Crippen LogP contribution >= 0.6 is 11.3 Å². The summed E-state index contributed by atoms with van der Waals surface area (Å²) in [7, 11) is 0. The Kier molecular flexibility index (Phi) is 6.78. The third-order valence-electron chi connectivity index (χ3n) is 4.90. The van der Waals surface area contributed by atoms with Crippen molar-refractivity contribution in [1.29, 1.82) is 0 Å². The number of benzene rings is 3. The van der Waals surface area contributed by atoms with Crippen LogP contribution in [-0.2, 0) is 4.79 Å². The van der Waals surface area contributed by atoms with Crippen LogP contribution in [0.25, 0.3) is 22.9 Å². The van der Waals surface area contributed by atoms with Crippen molar-refractivity contribution in [3.05, 3.63) is 101 Å². The summed E-state index contributed by atoms with van der Waals surface area (Å²) in [6.45, 7) is 4.60. The number of hydrogen-bond donors (Lipinski definition) is 1. The monoisotopic (exact) mass is 440 g/mol. The van der Waals surface area contributed by atoms with Gasteiger partial charge in [-0.1, -0.05) is 60.7 Å². The molecule has 0 unspecified atom stereocenters. The summed E-state index contributed by atoms with van der Waals surface area (Å²) in [6, 6.07) is 27.4. The first-order chi connectivity index (χ1) is 15.6. The molecule has 0 aliphatic rings. The quantitative estimate of drug-likeness (QED) is 0.257. The highest BCUT2D eigenvalue weighted by atomic mass is 32.1. The van der Waals surface area contributed by atoms with Gasteiger partial charge in [0, 0.05) is 16.0 Å². The van der Waals surface area contributed by atoms with Crippen molar-refractivity contribution in [2.24, 2.45) is 0 Å². The number of hydrogen-bond acceptors (Lipinski definition) is 4. The van der Waals surface area contributed by atoms with Crippen LogP contribution in [0.3, 0.4) is 0 Å². The normalized spacial score (nSPS) is 11.2. The third kappa shape index (κ3) is 5.13. The number of thiazole rings is 1. The van der Waals surface area contributed by atoms with Gasteiger partial charge in [-0.2, -0.15) is 0 Å². The van der Waals surface area contributed by atoms with E-state index >= 15 is 0 Å². The molecule has 1 heterocycles. The number of nitrogens with zero attached hydrogens (tertiary/aromatic N) is 1. The maximum absolute atomic E-state index is 13.3. The highest BCUT2D eigenvalue weighted by Gasteiger charge is 2.16. The van der Waals surface area contributed by atoms with Crippen LogP contribution < -0.4 is 10.1 Å². The van der Waals surface area contributed by atoms with E-state index in [2.05, 4.69) is 5.32 Å². The summed E-state index contributed by atoms with van der Waals surface area (Å²) < 4.78 is 5.52. The summed E-state index contributed by atoms with van der Waals surface area (Å²) in [6.07, 6.45) is 1.90. The summed E-state index contributed by atoms with van der Waals surface area (Å²) in [4.78, 5) is 19.0. The lowest BCUT2D eigenvalue weighted by Gasteiger charge is -2.08. The molecule has 0 saturated heterocycles. The van der Waals surface area contributed by atoms with Crippen molar-refractivity contribution in [1.82, 2.24) is 4.98 Å². The molecule has 160 valence electrons. The molecule has 3 aromatic carbocycles. The molecule has 0 spiro atoms. The summed E-state index contributed by atoms with van der Waals surface area (Å²) >= 11 is 1.47. The lowest BCUT2D eigenvalue weighted by molar-refractivity contribution is -0.111. The van der Waals surface area contributed by atoms with Crippen LogP contribution in [0, 0.1) is 6.92 Å². The van der Waals surface area contributed by atoms with Crippen LogP contribution in [0.15, 0.2) is 84.9 Å². The van der Waals surface area contributed by atoms with E-state index in [1.165, 1.54) is 11.3 Å². The molecule has 0 aliphatic carbocycles. The van der Waals surface area contributed by atoms with Crippen molar-refractivity contribution >= 4 is 34.0 Å². The minimum atomic E-state index is -0.188. The fourth-order valence-electron chi connectivity index (χ4n) is 3.37. The minimum absolute atomic E-state index is 0.188. The maximum Gasteiger partial charge on any atom is 0.258 e. The Morgan fingerprint density at radius 3 is 2.28 bits per heavy atom. The smallest absolute Gasteiger partial charge is 0.258 e. The summed E-state index contributed by atoms with van der Waals surface area (Å²) in [5.41, 5.74) is 4.26. The number of anilines is 1. The Morgan fingerprint density at radius 2 is 1.62 bits per heavy atom. The Balaban J connectivity index is 1.60. The summed E-state index contributed by atoms with van der Waals surface area (Å²) in [5, 5.41) is 3.57. The molecule has 0 atom stereocenters. The van der Waals surface area contributed by atoms with E-state index in [0.29, 0.717) is 17.3 Å². The van der Waals surface area contributed by atoms with Crippen LogP contribution in [0.1, 0.15) is 22.9 Å². The first kappa shape index (κ1) is 21.5. The molecular formula is C27H24N2O2S. The number of rotatable bonds is 7. The highest BCUT2D eigenvalue weighted by Crippen LogP contribution is 2.32. The van der Waals surface area contributed by atoms with Gasteiger partial charge in [0.2, 0.25) is 0 Å². The van der Waals surface area contributed by atoms with Gasteiger partial charge in [0.25, 0.3) is 5.91 Å². The van der Waals surface area contributed by atoms with Crippen LogP contribution in [0.4, 0.5) is 5.13 Å². The Hall–Kier alpha value is -3.70. The van der Waals surface area contributed by atoms with Crippen molar-refractivity contribution in [3.8, 4) is 17.0 Å². The second kappa shape index (κ2) is 10.1. The van der Waals surface area contributed by atoms with E-state index in [9.17, 15) is 4.79 Å². The molecule has 1 aromatic heterocycles. The number of nitrogens with one attached hydrogen (secondary N) is 1. The van der Waals surface area contributed by atoms with E-state index in [-0.39, 0.29) is 5.91 Å². The summed E-state index contributed by atoms with van der Waals surface area (Å²) in [5.74, 6) is 0.642. The molecule has 0 saturated carbocycles. The van der Waals surface area contributed by atoms with Gasteiger partial charge in [0.1, 0.15) is 5.75 Å². The van der Waals surface area contributed by atoms with Crippen LogP contribution in [-0.4, -0.2) is 17.5 Å². The van der Waals surface area contributed by atoms with Gasteiger partial charge in [-0.05, 0) is 55.3 Å². The molecule has 0 radical (unpaired) electrons. The number of ether oxygens (including phenoxy) is 1. The SMILES string of the molecule is CCOc1ccc(-c2nc(NC(=O)/C(=C/c3ccccc3)c3ccccc3)sc2C)cc1. The van der Waals surface area contributed by atoms with Gasteiger partial charge >= 0.3 is 0 Å². The zero-order valence-corrected chi connectivity index (χ0v) is 18.9. The van der Waals surface area contributed by atoms with Crippen LogP contribution in [0.2, 0.25) is 0 Å². The molecule has 32 heavy (non-hydrogen) atoms. The molecule has 5 heteroatoms. The van der Waals surface area contributed by atoms with E-state index < -0.39 is 0 Å². The molecule has 0 aliphatic heterocycles. The number of carbonyl (C=O) groups excluding carboxylic acids is 1. The topological polar surface area (TPSA) is 51.2 Å². The third-order valence-corrected chi connectivity index (χ3v) is 5.78. The molecule has 0 bridgehead atoms. The van der Waals surface area contributed by atoms with Crippen molar-refractivity contribution in [2.75, 3.05) is 11.9 Å². The van der Waals surface area contributed by atoms with Gasteiger partial charge in [-0.3, -0.25) is 10.1 Å². The van der Waals surface area contributed by atoms with Gasteiger partial charge in [0.15, 0.2) is 5.13 Å². The van der Waals surface area contributed by atoms with E-state index in [1.54, 1.807) is 0 Å². The molecule has 4 nitrogen and oxygen atoms in total. The number of carbonyl (C=O) groups is 1. The average molecular weight is 441 g/mol. The van der Waals surface area contributed by atoms with Gasteiger partial charge in [-0.15, -0.1) is 11.3 Å². The predicted octanol–water partition coefficient (Wildman–Crippen LogP) is 6.70. The van der Waals surface area contributed by atoms with E-state index in [0.717, 1.165) is 33.0 Å². The molecular weight excluding hydrogens is 416 g/mol. The average Bonchev–Trinajstić information content (AvgIpc) is 3.19. The Labute approximate surface area is 192 Å². The standard InChI is InChI=1S/C27H24N2O2S/c1-3-31-23-16-14-22(15-17-23)25-19(2)32-27(28-25)29-26(30)24(21-12-8-5-9-13-21)18-20-10-6-4-7-11-20/h4-18H,3H2,1-2H3,(H,28,29,30)/b24-18+. The van der Waals surface area contributed by atoms with Gasteiger partial charge < -0.3 is 4.74 Å². The Bertz CT molecular complexity index is 1210. The molecule has 0 fully saturated rings. The zero-order valence-electron chi connectivity index (χ0n) is 18.0. The molecule has 1 N–H and O–H groups in total. The number of amides is 1. The van der Waals surface area contributed by atoms with Crippen molar-refractivity contribution < 1.29 is 9.53 Å². The highest BCUT2D eigenvalue weighted by molar-refractivity contribution is 7.16.